The molecule has 0 aromatic heterocycles. The van der Waals surface area contributed by atoms with Crippen LogP contribution in [0.25, 0.3) is 0 Å². The van der Waals surface area contributed by atoms with E-state index in [2.05, 4.69) is 6.58 Å². The van der Waals surface area contributed by atoms with E-state index in [0.717, 1.165) is 19.3 Å². The number of nitrogens with two attached hydrogens (primary N) is 1. The van der Waals surface area contributed by atoms with Crippen LogP contribution in [0.15, 0.2) is 12.7 Å². The maximum atomic E-state index is 11.1. The highest BCUT2D eigenvalue weighted by Gasteiger charge is 2.28. The molecule has 0 bridgehead atoms. The van der Waals surface area contributed by atoms with Gasteiger partial charge in [-0.2, -0.15) is 0 Å². The zero-order chi connectivity index (χ0) is 9.90. The van der Waals surface area contributed by atoms with Crippen molar-refractivity contribution in [2.24, 2.45) is 11.7 Å². The minimum Gasteiger partial charge on any atom is -0.327 e. The monoisotopic (exact) mass is 203 g/mol. The average molecular weight is 203 g/mol. The molecule has 1 heterocycles. The molecule has 1 saturated heterocycles. The molecular formula is C9H17NO2S. The lowest BCUT2D eigenvalue weighted by molar-refractivity contribution is 0.473. The highest BCUT2D eigenvalue weighted by atomic mass is 32.2. The van der Waals surface area contributed by atoms with Gasteiger partial charge in [-0.3, -0.25) is 0 Å². The van der Waals surface area contributed by atoms with Crippen LogP contribution in [0.4, 0.5) is 0 Å². The van der Waals surface area contributed by atoms with Crippen molar-refractivity contribution in [1.29, 1.82) is 0 Å². The molecular weight excluding hydrogens is 186 g/mol. The molecule has 4 heteroatoms. The van der Waals surface area contributed by atoms with Crippen molar-refractivity contribution in [2.45, 2.75) is 25.3 Å². The summed E-state index contributed by atoms with van der Waals surface area (Å²) in [5.74, 6) is 0.955. The first-order chi connectivity index (χ1) is 6.03. The highest BCUT2D eigenvalue weighted by Crippen LogP contribution is 2.23. The third-order valence-corrected chi connectivity index (χ3v) is 4.27. The van der Waals surface area contributed by atoms with Crippen LogP contribution in [0.3, 0.4) is 0 Å². The number of hydrogen-bond acceptors (Lipinski definition) is 3. The van der Waals surface area contributed by atoms with E-state index in [4.69, 9.17) is 5.73 Å². The Morgan fingerprint density at radius 3 is 2.77 bits per heavy atom. The van der Waals surface area contributed by atoms with Gasteiger partial charge in [0.05, 0.1) is 11.5 Å². The second-order valence-electron chi connectivity index (χ2n) is 3.79. The maximum absolute atomic E-state index is 11.1. The molecule has 1 aliphatic heterocycles. The van der Waals surface area contributed by atoms with Gasteiger partial charge in [-0.25, -0.2) is 8.42 Å². The van der Waals surface area contributed by atoms with E-state index in [0.29, 0.717) is 11.5 Å². The second kappa shape index (κ2) is 4.24. The fourth-order valence-corrected chi connectivity index (χ4v) is 3.68. The first-order valence-electron chi connectivity index (χ1n) is 4.60. The quantitative estimate of drug-likeness (QED) is 0.685. The number of rotatable bonds is 4. The van der Waals surface area contributed by atoms with Gasteiger partial charge in [-0.15, -0.1) is 6.58 Å². The van der Waals surface area contributed by atoms with E-state index >= 15 is 0 Å². The molecule has 0 amide bonds. The van der Waals surface area contributed by atoms with Crippen LogP contribution in [-0.2, 0) is 9.84 Å². The van der Waals surface area contributed by atoms with E-state index in [1.54, 1.807) is 6.08 Å². The summed E-state index contributed by atoms with van der Waals surface area (Å²) in [6.07, 6.45) is 4.16. The van der Waals surface area contributed by atoms with E-state index in [9.17, 15) is 8.42 Å². The van der Waals surface area contributed by atoms with Gasteiger partial charge in [0, 0.05) is 6.04 Å². The molecule has 1 rings (SSSR count). The van der Waals surface area contributed by atoms with Gasteiger partial charge in [0.2, 0.25) is 0 Å². The Hall–Kier alpha value is -0.350. The molecule has 3 nitrogen and oxygen atoms in total. The molecule has 0 saturated carbocycles. The van der Waals surface area contributed by atoms with Crippen LogP contribution in [0, 0.1) is 5.92 Å². The third-order valence-electron chi connectivity index (χ3n) is 2.43. The Bertz CT molecular complexity index is 271. The van der Waals surface area contributed by atoms with Crippen molar-refractivity contribution in [3.05, 3.63) is 12.7 Å². The van der Waals surface area contributed by atoms with Gasteiger partial charge < -0.3 is 5.73 Å². The van der Waals surface area contributed by atoms with E-state index in [-0.39, 0.29) is 12.0 Å². The van der Waals surface area contributed by atoms with E-state index < -0.39 is 9.84 Å². The zero-order valence-corrected chi connectivity index (χ0v) is 8.59. The molecule has 2 atom stereocenters. The summed E-state index contributed by atoms with van der Waals surface area (Å²) >= 11 is 0. The molecule has 0 aliphatic carbocycles. The maximum Gasteiger partial charge on any atom is 0.150 e. The third kappa shape index (κ3) is 3.48. The SMILES string of the molecule is C=CCC(N)CC1CCS(=O)(=O)C1. The average Bonchev–Trinajstić information content (AvgIpc) is 2.30. The fraction of sp³-hybridized carbons (Fsp3) is 0.778. The summed E-state index contributed by atoms with van der Waals surface area (Å²) in [4.78, 5) is 0. The molecule has 2 unspecified atom stereocenters. The van der Waals surface area contributed by atoms with Gasteiger partial charge in [-0.1, -0.05) is 6.08 Å². The van der Waals surface area contributed by atoms with Crippen LogP contribution < -0.4 is 5.73 Å². The lowest BCUT2D eigenvalue weighted by Crippen LogP contribution is -2.23. The number of sulfone groups is 1. The van der Waals surface area contributed by atoms with Gasteiger partial charge in [-0.05, 0) is 25.2 Å². The largest absolute Gasteiger partial charge is 0.327 e. The summed E-state index contributed by atoms with van der Waals surface area (Å²) in [6.45, 7) is 3.61. The van der Waals surface area contributed by atoms with Crippen LogP contribution in [0.1, 0.15) is 19.3 Å². The molecule has 76 valence electrons. The summed E-state index contributed by atoms with van der Waals surface area (Å²) in [6, 6.07) is 0.0794. The first-order valence-corrected chi connectivity index (χ1v) is 6.42. The molecule has 0 radical (unpaired) electrons. The standard InChI is InChI=1S/C9H17NO2S/c1-2-3-9(10)6-8-4-5-13(11,12)7-8/h2,8-9H,1,3-7,10H2. The van der Waals surface area contributed by atoms with Crippen LogP contribution in [-0.4, -0.2) is 26.0 Å². The van der Waals surface area contributed by atoms with Gasteiger partial charge in [0.25, 0.3) is 0 Å². The predicted molar refractivity (Wildman–Crippen MR) is 54.2 cm³/mol. The van der Waals surface area contributed by atoms with Crippen molar-refractivity contribution < 1.29 is 8.42 Å². The number of hydrogen-bond donors (Lipinski definition) is 1. The smallest absolute Gasteiger partial charge is 0.150 e. The Morgan fingerprint density at radius 2 is 2.31 bits per heavy atom. The first kappa shape index (κ1) is 10.7. The van der Waals surface area contributed by atoms with Crippen LogP contribution >= 0.6 is 0 Å². The zero-order valence-electron chi connectivity index (χ0n) is 7.78. The molecule has 13 heavy (non-hydrogen) atoms. The van der Waals surface area contributed by atoms with Crippen molar-refractivity contribution in [3.63, 3.8) is 0 Å². The Labute approximate surface area is 79.9 Å². The fourth-order valence-electron chi connectivity index (χ4n) is 1.80. The van der Waals surface area contributed by atoms with Crippen LogP contribution in [0.5, 0.6) is 0 Å². The molecule has 0 aromatic rings. The second-order valence-corrected chi connectivity index (χ2v) is 6.02. The summed E-state index contributed by atoms with van der Waals surface area (Å²) < 4.78 is 22.2. The summed E-state index contributed by atoms with van der Waals surface area (Å²) in [5.41, 5.74) is 5.79. The lowest BCUT2D eigenvalue weighted by atomic mass is 9.98. The van der Waals surface area contributed by atoms with E-state index in [1.165, 1.54) is 0 Å². The van der Waals surface area contributed by atoms with Crippen LogP contribution in [0.2, 0.25) is 0 Å². The Kier molecular flexibility index (Phi) is 3.50. The van der Waals surface area contributed by atoms with Gasteiger partial charge >= 0.3 is 0 Å². The molecule has 0 aromatic carbocycles. The lowest BCUT2D eigenvalue weighted by Gasteiger charge is -2.12. The van der Waals surface area contributed by atoms with Gasteiger partial charge in [0.15, 0.2) is 9.84 Å². The highest BCUT2D eigenvalue weighted by molar-refractivity contribution is 7.91. The minimum absolute atomic E-state index is 0.0794. The summed E-state index contributed by atoms with van der Waals surface area (Å²) in [5, 5.41) is 0. The normalized spacial score (nSPS) is 28.5. The van der Waals surface area contributed by atoms with Crippen molar-refractivity contribution >= 4 is 9.84 Å². The van der Waals surface area contributed by atoms with E-state index in [1.807, 2.05) is 0 Å². The Morgan fingerprint density at radius 1 is 1.62 bits per heavy atom. The van der Waals surface area contributed by atoms with Crippen molar-refractivity contribution in [3.8, 4) is 0 Å². The minimum atomic E-state index is -2.74. The molecule has 1 fully saturated rings. The van der Waals surface area contributed by atoms with Gasteiger partial charge in [0.1, 0.15) is 0 Å². The van der Waals surface area contributed by atoms with Crippen molar-refractivity contribution in [1.82, 2.24) is 0 Å². The summed E-state index contributed by atoms with van der Waals surface area (Å²) in [7, 11) is -2.74. The molecule has 2 N–H and O–H groups in total. The molecule has 0 spiro atoms. The Balaban J connectivity index is 2.36. The topological polar surface area (TPSA) is 60.2 Å². The molecule has 1 aliphatic rings. The van der Waals surface area contributed by atoms with Crippen molar-refractivity contribution in [2.75, 3.05) is 11.5 Å². The predicted octanol–water partition coefficient (Wildman–Crippen LogP) is 0.715.